The SMILES string of the molecule is C=C(C(=O)OC)c1ccc(OCCCC)cc1. The van der Waals surface area contributed by atoms with Gasteiger partial charge in [0.15, 0.2) is 0 Å². The highest BCUT2D eigenvalue weighted by atomic mass is 16.5. The number of benzene rings is 1. The van der Waals surface area contributed by atoms with Crippen molar-refractivity contribution in [1.82, 2.24) is 0 Å². The van der Waals surface area contributed by atoms with Gasteiger partial charge in [-0.3, -0.25) is 0 Å². The summed E-state index contributed by atoms with van der Waals surface area (Å²) < 4.78 is 10.1. The predicted octanol–water partition coefficient (Wildman–Crippen LogP) is 3.05. The second kappa shape index (κ2) is 6.74. The summed E-state index contributed by atoms with van der Waals surface area (Å²) in [6, 6.07) is 7.28. The van der Waals surface area contributed by atoms with Crippen LogP contribution in [0, 0.1) is 0 Å². The first kappa shape index (κ1) is 13.3. The Morgan fingerprint density at radius 1 is 1.29 bits per heavy atom. The molecule has 0 atom stereocenters. The highest BCUT2D eigenvalue weighted by Crippen LogP contribution is 2.18. The Morgan fingerprint density at radius 3 is 2.47 bits per heavy atom. The number of rotatable bonds is 6. The van der Waals surface area contributed by atoms with Gasteiger partial charge in [-0.1, -0.05) is 32.1 Å². The van der Waals surface area contributed by atoms with Crippen LogP contribution in [0.4, 0.5) is 0 Å². The molecule has 0 bridgehead atoms. The van der Waals surface area contributed by atoms with Crippen LogP contribution >= 0.6 is 0 Å². The smallest absolute Gasteiger partial charge is 0.337 e. The van der Waals surface area contributed by atoms with E-state index in [-0.39, 0.29) is 0 Å². The number of carbonyl (C=O) groups excluding carboxylic acids is 1. The third kappa shape index (κ3) is 3.94. The summed E-state index contributed by atoms with van der Waals surface area (Å²) in [7, 11) is 1.34. The molecule has 0 aliphatic rings. The molecule has 0 unspecified atom stereocenters. The minimum atomic E-state index is -0.412. The second-order valence-corrected chi connectivity index (χ2v) is 3.70. The van der Waals surface area contributed by atoms with Crippen LogP contribution in [0.15, 0.2) is 30.8 Å². The Morgan fingerprint density at radius 2 is 1.94 bits per heavy atom. The van der Waals surface area contributed by atoms with Gasteiger partial charge in [0.05, 0.1) is 19.3 Å². The summed E-state index contributed by atoms with van der Waals surface area (Å²) in [4.78, 5) is 11.3. The molecule has 0 radical (unpaired) electrons. The lowest BCUT2D eigenvalue weighted by Gasteiger charge is -2.07. The van der Waals surface area contributed by atoms with E-state index in [1.807, 2.05) is 12.1 Å². The Labute approximate surface area is 102 Å². The van der Waals surface area contributed by atoms with Crippen molar-refractivity contribution in [3.05, 3.63) is 36.4 Å². The zero-order valence-corrected chi connectivity index (χ0v) is 10.4. The van der Waals surface area contributed by atoms with Crippen molar-refractivity contribution in [2.45, 2.75) is 19.8 Å². The fourth-order valence-electron chi connectivity index (χ4n) is 1.33. The molecule has 1 rings (SSSR count). The number of ether oxygens (including phenoxy) is 2. The molecular weight excluding hydrogens is 216 g/mol. The normalized spacial score (nSPS) is 9.76. The van der Waals surface area contributed by atoms with Crippen LogP contribution in [0.1, 0.15) is 25.3 Å². The van der Waals surface area contributed by atoms with Gasteiger partial charge in [0, 0.05) is 0 Å². The molecule has 0 aliphatic carbocycles. The average molecular weight is 234 g/mol. The summed E-state index contributed by atoms with van der Waals surface area (Å²) in [6.07, 6.45) is 2.15. The molecule has 0 saturated carbocycles. The van der Waals surface area contributed by atoms with Crippen LogP contribution in [-0.4, -0.2) is 19.7 Å². The molecule has 0 amide bonds. The van der Waals surface area contributed by atoms with Gasteiger partial charge < -0.3 is 9.47 Å². The average Bonchev–Trinajstić information content (AvgIpc) is 2.38. The van der Waals surface area contributed by atoms with E-state index in [1.165, 1.54) is 7.11 Å². The molecule has 0 heterocycles. The lowest BCUT2D eigenvalue weighted by atomic mass is 10.1. The molecule has 0 fully saturated rings. The zero-order chi connectivity index (χ0) is 12.7. The summed E-state index contributed by atoms with van der Waals surface area (Å²) in [5.41, 5.74) is 1.10. The van der Waals surface area contributed by atoms with Crippen LogP contribution in [-0.2, 0) is 9.53 Å². The first-order chi connectivity index (χ1) is 8.19. The lowest BCUT2D eigenvalue weighted by molar-refractivity contribution is -0.133. The van der Waals surface area contributed by atoms with Crippen LogP contribution < -0.4 is 4.74 Å². The van der Waals surface area contributed by atoms with E-state index in [1.54, 1.807) is 12.1 Å². The van der Waals surface area contributed by atoms with Crippen molar-refractivity contribution in [3.8, 4) is 5.75 Å². The lowest BCUT2D eigenvalue weighted by Crippen LogP contribution is -2.02. The first-order valence-electron chi connectivity index (χ1n) is 5.69. The molecule has 1 aromatic rings. The third-order valence-corrected chi connectivity index (χ3v) is 2.40. The van der Waals surface area contributed by atoms with Crippen LogP contribution in [0.3, 0.4) is 0 Å². The van der Waals surface area contributed by atoms with Crippen LogP contribution in [0.2, 0.25) is 0 Å². The van der Waals surface area contributed by atoms with Gasteiger partial charge in [0.25, 0.3) is 0 Å². The van der Waals surface area contributed by atoms with E-state index in [4.69, 9.17) is 4.74 Å². The Kier molecular flexibility index (Phi) is 5.27. The second-order valence-electron chi connectivity index (χ2n) is 3.70. The van der Waals surface area contributed by atoms with E-state index in [0.29, 0.717) is 12.2 Å². The highest BCUT2D eigenvalue weighted by Gasteiger charge is 2.08. The molecule has 92 valence electrons. The molecule has 1 aromatic carbocycles. The summed E-state index contributed by atoms with van der Waals surface area (Å²) >= 11 is 0. The van der Waals surface area contributed by atoms with Crippen molar-refractivity contribution in [2.75, 3.05) is 13.7 Å². The van der Waals surface area contributed by atoms with Gasteiger partial charge in [-0.2, -0.15) is 0 Å². The van der Waals surface area contributed by atoms with Gasteiger partial charge in [-0.15, -0.1) is 0 Å². The topological polar surface area (TPSA) is 35.5 Å². The number of hydrogen-bond acceptors (Lipinski definition) is 3. The van der Waals surface area contributed by atoms with E-state index in [2.05, 4.69) is 18.2 Å². The maximum absolute atomic E-state index is 11.3. The summed E-state index contributed by atoms with van der Waals surface area (Å²) in [5, 5.41) is 0. The molecule has 3 heteroatoms. The standard InChI is InChI=1S/C14H18O3/c1-4-5-10-17-13-8-6-12(7-9-13)11(2)14(15)16-3/h6-9H,2,4-5,10H2,1,3H3. The first-order valence-corrected chi connectivity index (χ1v) is 5.69. The van der Waals surface area contributed by atoms with Crippen molar-refractivity contribution in [2.24, 2.45) is 0 Å². The van der Waals surface area contributed by atoms with E-state index in [9.17, 15) is 4.79 Å². The van der Waals surface area contributed by atoms with Gasteiger partial charge in [0.2, 0.25) is 0 Å². The summed E-state index contributed by atoms with van der Waals surface area (Å²) in [5.74, 6) is 0.393. The van der Waals surface area contributed by atoms with E-state index >= 15 is 0 Å². The molecule has 0 aliphatic heterocycles. The van der Waals surface area contributed by atoms with Crippen molar-refractivity contribution in [3.63, 3.8) is 0 Å². The summed E-state index contributed by atoms with van der Waals surface area (Å²) in [6.45, 7) is 6.52. The zero-order valence-electron chi connectivity index (χ0n) is 10.4. The number of unbranched alkanes of at least 4 members (excludes halogenated alkanes) is 1. The Bertz CT molecular complexity index is 379. The quantitative estimate of drug-likeness (QED) is 0.431. The number of carbonyl (C=O) groups is 1. The highest BCUT2D eigenvalue weighted by molar-refractivity contribution is 6.15. The van der Waals surface area contributed by atoms with E-state index < -0.39 is 5.97 Å². The number of methoxy groups -OCH3 is 1. The fourth-order valence-corrected chi connectivity index (χ4v) is 1.33. The van der Waals surface area contributed by atoms with Gasteiger partial charge >= 0.3 is 5.97 Å². The third-order valence-electron chi connectivity index (χ3n) is 2.40. The molecule has 0 spiro atoms. The van der Waals surface area contributed by atoms with Crippen LogP contribution in [0.25, 0.3) is 5.57 Å². The van der Waals surface area contributed by atoms with Crippen molar-refractivity contribution >= 4 is 11.5 Å². The fraction of sp³-hybridized carbons (Fsp3) is 0.357. The molecule has 3 nitrogen and oxygen atoms in total. The molecule has 0 N–H and O–H groups in total. The predicted molar refractivity (Wildman–Crippen MR) is 67.9 cm³/mol. The maximum atomic E-state index is 11.3. The largest absolute Gasteiger partial charge is 0.494 e. The minimum absolute atomic E-state index is 0.354. The molecule has 0 aromatic heterocycles. The Balaban J connectivity index is 2.61. The molecular formula is C14H18O3. The molecule has 17 heavy (non-hydrogen) atoms. The Hall–Kier alpha value is -1.77. The van der Waals surface area contributed by atoms with Gasteiger partial charge in [-0.25, -0.2) is 4.79 Å². The maximum Gasteiger partial charge on any atom is 0.337 e. The van der Waals surface area contributed by atoms with Gasteiger partial charge in [0.1, 0.15) is 5.75 Å². The van der Waals surface area contributed by atoms with E-state index in [0.717, 1.165) is 24.2 Å². The molecule has 0 saturated heterocycles. The van der Waals surface area contributed by atoms with Crippen LogP contribution in [0.5, 0.6) is 5.75 Å². The monoisotopic (exact) mass is 234 g/mol. The minimum Gasteiger partial charge on any atom is -0.494 e. The van der Waals surface area contributed by atoms with Gasteiger partial charge in [-0.05, 0) is 24.1 Å². The van der Waals surface area contributed by atoms with Crippen molar-refractivity contribution < 1.29 is 14.3 Å². The number of esters is 1. The van der Waals surface area contributed by atoms with Crippen molar-refractivity contribution in [1.29, 1.82) is 0 Å². The number of hydrogen-bond donors (Lipinski definition) is 0.